The molecule has 1 saturated heterocycles. The molecule has 1 fully saturated rings. The van der Waals surface area contributed by atoms with Gasteiger partial charge < -0.3 is 19.7 Å². The van der Waals surface area contributed by atoms with Crippen molar-refractivity contribution >= 4 is 28.8 Å². The third-order valence-electron chi connectivity index (χ3n) is 5.40. The molecule has 0 radical (unpaired) electrons. The first-order valence-corrected chi connectivity index (χ1v) is 11.0. The van der Waals surface area contributed by atoms with Crippen LogP contribution in [0, 0.1) is 5.92 Å². The summed E-state index contributed by atoms with van der Waals surface area (Å²) >= 11 is 1.59. The molecular formula is C23H21N3O4S. The van der Waals surface area contributed by atoms with Gasteiger partial charge in [0.1, 0.15) is 0 Å². The first kappa shape index (κ1) is 19.6. The molecule has 2 amide bonds. The summed E-state index contributed by atoms with van der Waals surface area (Å²) in [5.74, 6) is 0.694. The predicted octanol–water partition coefficient (Wildman–Crippen LogP) is 3.13. The van der Waals surface area contributed by atoms with Crippen molar-refractivity contribution in [3.63, 3.8) is 0 Å². The zero-order valence-corrected chi connectivity index (χ0v) is 17.6. The van der Waals surface area contributed by atoms with Crippen LogP contribution in [0.15, 0.2) is 53.9 Å². The summed E-state index contributed by atoms with van der Waals surface area (Å²) in [5.41, 5.74) is 2.76. The van der Waals surface area contributed by atoms with Gasteiger partial charge in [0, 0.05) is 36.5 Å². The number of rotatable bonds is 6. The van der Waals surface area contributed by atoms with Gasteiger partial charge in [-0.1, -0.05) is 30.3 Å². The van der Waals surface area contributed by atoms with Crippen molar-refractivity contribution in [1.29, 1.82) is 0 Å². The molecule has 2 aliphatic heterocycles. The van der Waals surface area contributed by atoms with E-state index in [4.69, 9.17) is 9.47 Å². The second kappa shape index (κ2) is 8.39. The molecule has 5 rings (SSSR count). The van der Waals surface area contributed by atoms with E-state index in [0.717, 1.165) is 22.8 Å². The monoisotopic (exact) mass is 435 g/mol. The second-order valence-corrected chi connectivity index (χ2v) is 8.50. The maximum absolute atomic E-state index is 12.7. The molecular weight excluding hydrogens is 414 g/mol. The van der Waals surface area contributed by atoms with E-state index < -0.39 is 0 Å². The van der Waals surface area contributed by atoms with Gasteiger partial charge in [-0.2, -0.15) is 0 Å². The lowest BCUT2D eigenvalue weighted by atomic mass is 10.1. The lowest BCUT2D eigenvalue weighted by molar-refractivity contribution is -0.126. The quantitative estimate of drug-likeness (QED) is 0.644. The summed E-state index contributed by atoms with van der Waals surface area (Å²) in [6.45, 7) is 0.890. The van der Waals surface area contributed by atoms with Crippen LogP contribution < -0.4 is 19.7 Å². The van der Waals surface area contributed by atoms with Crippen LogP contribution in [-0.4, -0.2) is 30.1 Å². The van der Waals surface area contributed by atoms with E-state index in [2.05, 4.69) is 22.4 Å². The lowest BCUT2D eigenvalue weighted by Gasteiger charge is -2.17. The van der Waals surface area contributed by atoms with E-state index in [9.17, 15) is 9.59 Å². The molecule has 1 aromatic heterocycles. The molecule has 1 atom stereocenters. The molecule has 1 N–H and O–H groups in total. The number of benzene rings is 2. The molecule has 1 unspecified atom stereocenters. The molecule has 3 aromatic rings. The van der Waals surface area contributed by atoms with Crippen LogP contribution in [0.3, 0.4) is 0 Å². The Labute approximate surface area is 183 Å². The van der Waals surface area contributed by atoms with Crippen molar-refractivity contribution in [3.8, 4) is 11.5 Å². The topological polar surface area (TPSA) is 80.8 Å². The molecule has 7 nitrogen and oxygen atoms in total. The van der Waals surface area contributed by atoms with E-state index in [-0.39, 0.29) is 30.9 Å². The van der Waals surface area contributed by atoms with E-state index in [1.54, 1.807) is 28.4 Å². The predicted molar refractivity (Wildman–Crippen MR) is 116 cm³/mol. The summed E-state index contributed by atoms with van der Waals surface area (Å²) in [4.78, 5) is 31.4. The van der Waals surface area contributed by atoms with Gasteiger partial charge in [0.25, 0.3) is 0 Å². The summed E-state index contributed by atoms with van der Waals surface area (Å²) in [6, 6.07) is 15.6. The van der Waals surface area contributed by atoms with Crippen molar-refractivity contribution in [2.45, 2.75) is 19.4 Å². The number of amides is 2. The Hall–Kier alpha value is -3.39. The van der Waals surface area contributed by atoms with Crippen molar-refractivity contribution in [2.75, 3.05) is 18.2 Å². The van der Waals surface area contributed by atoms with Gasteiger partial charge in [0.05, 0.1) is 23.2 Å². The van der Waals surface area contributed by atoms with E-state index in [1.807, 2.05) is 29.6 Å². The highest BCUT2D eigenvalue weighted by molar-refractivity contribution is 7.09. The zero-order valence-electron chi connectivity index (χ0n) is 16.7. The fraction of sp³-hybridized carbons (Fsp3) is 0.261. The Morgan fingerprint density at radius 3 is 2.87 bits per heavy atom. The number of aromatic nitrogens is 1. The second-order valence-electron chi connectivity index (χ2n) is 7.56. The van der Waals surface area contributed by atoms with Crippen molar-refractivity contribution in [1.82, 2.24) is 10.3 Å². The maximum atomic E-state index is 12.7. The number of carbonyl (C=O) groups is 2. The van der Waals surface area contributed by atoms with Crippen molar-refractivity contribution < 1.29 is 19.1 Å². The molecule has 158 valence electrons. The van der Waals surface area contributed by atoms with E-state index in [1.165, 1.54) is 5.56 Å². The van der Waals surface area contributed by atoms with Gasteiger partial charge in [-0.3, -0.25) is 9.59 Å². The fourth-order valence-corrected chi connectivity index (χ4v) is 4.62. The largest absolute Gasteiger partial charge is 0.454 e. The maximum Gasteiger partial charge on any atom is 0.231 e. The molecule has 31 heavy (non-hydrogen) atoms. The Kier molecular flexibility index (Phi) is 5.30. The Balaban J connectivity index is 1.17. The van der Waals surface area contributed by atoms with Crippen molar-refractivity contribution in [3.05, 3.63) is 70.2 Å². The molecule has 8 heteroatoms. The summed E-state index contributed by atoms with van der Waals surface area (Å²) in [5, 5.41) is 5.92. The Morgan fingerprint density at radius 1 is 1.16 bits per heavy atom. The smallest absolute Gasteiger partial charge is 0.231 e. The molecule has 0 spiro atoms. The number of hydrogen-bond acceptors (Lipinski definition) is 6. The fourth-order valence-electron chi connectivity index (χ4n) is 3.79. The molecule has 0 saturated carbocycles. The van der Waals surface area contributed by atoms with Crippen LogP contribution in [0.2, 0.25) is 0 Å². The third kappa shape index (κ3) is 4.25. The minimum Gasteiger partial charge on any atom is -0.454 e. The minimum atomic E-state index is -0.389. The minimum absolute atomic E-state index is 0.0715. The van der Waals surface area contributed by atoms with E-state index in [0.29, 0.717) is 24.6 Å². The van der Waals surface area contributed by atoms with Gasteiger partial charge in [-0.05, 0) is 17.7 Å². The number of hydrogen-bond donors (Lipinski definition) is 1. The first-order chi connectivity index (χ1) is 15.2. The average molecular weight is 436 g/mol. The summed E-state index contributed by atoms with van der Waals surface area (Å²) in [6.07, 6.45) is 0.970. The number of nitrogens with one attached hydrogen (secondary N) is 1. The molecule has 0 bridgehead atoms. The Bertz CT molecular complexity index is 1120. The number of fused-ring (bicyclic) bond motifs is 1. The number of nitrogens with zero attached hydrogens (tertiary/aromatic N) is 2. The molecule has 0 aliphatic carbocycles. The SMILES string of the molecule is O=C(NCc1csc(Cc2ccccc2)n1)C1CC(=O)N(c2ccc3c(c2)OCO3)C1. The van der Waals surface area contributed by atoms with Crippen LogP contribution in [0.4, 0.5) is 5.69 Å². The van der Waals surface area contributed by atoms with Crippen LogP contribution in [0.25, 0.3) is 0 Å². The van der Waals surface area contributed by atoms with Gasteiger partial charge in [0.15, 0.2) is 11.5 Å². The third-order valence-corrected chi connectivity index (χ3v) is 6.30. The Morgan fingerprint density at radius 2 is 2.00 bits per heavy atom. The standard InChI is InChI=1S/C23H21N3O4S/c27-22-9-16(12-26(22)18-6-7-19-20(10-18)30-14-29-19)23(28)24-11-17-13-31-21(25-17)8-15-4-2-1-3-5-15/h1-7,10,13,16H,8-9,11-12,14H2,(H,24,28). The van der Waals surface area contributed by atoms with Gasteiger partial charge in [0.2, 0.25) is 18.6 Å². The van der Waals surface area contributed by atoms with Gasteiger partial charge in [-0.15, -0.1) is 11.3 Å². The van der Waals surface area contributed by atoms with Gasteiger partial charge >= 0.3 is 0 Å². The first-order valence-electron chi connectivity index (χ1n) is 10.1. The summed E-state index contributed by atoms with van der Waals surface area (Å²) in [7, 11) is 0. The highest BCUT2D eigenvalue weighted by Crippen LogP contribution is 2.37. The lowest BCUT2D eigenvalue weighted by Crippen LogP contribution is -2.32. The normalized spacial score (nSPS) is 17.2. The highest BCUT2D eigenvalue weighted by Gasteiger charge is 2.35. The summed E-state index contributed by atoms with van der Waals surface area (Å²) < 4.78 is 10.7. The van der Waals surface area contributed by atoms with Crippen LogP contribution >= 0.6 is 11.3 Å². The number of anilines is 1. The number of thiazole rings is 1. The number of ether oxygens (including phenoxy) is 2. The average Bonchev–Trinajstić information content (AvgIpc) is 3.52. The van der Waals surface area contributed by atoms with Crippen LogP contribution in [0.1, 0.15) is 22.7 Å². The molecule has 2 aromatic carbocycles. The van der Waals surface area contributed by atoms with Gasteiger partial charge in [-0.25, -0.2) is 4.98 Å². The van der Waals surface area contributed by atoms with E-state index >= 15 is 0 Å². The highest BCUT2D eigenvalue weighted by atomic mass is 32.1. The molecule has 3 heterocycles. The molecule has 2 aliphatic rings. The zero-order chi connectivity index (χ0) is 21.2. The van der Waals surface area contributed by atoms with Crippen LogP contribution in [-0.2, 0) is 22.6 Å². The van der Waals surface area contributed by atoms with Crippen LogP contribution in [0.5, 0.6) is 11.5 Å². The van der Waals surface area contributed by atoms with Crippen molar-refractivity contribution in [2.24, 2.45) is 5.92 Å². The number of carbonyl (C=O) groups excluding carboxylic acids is 2.